The molecule has 2 aromatic rings. The van der Waals surface area contributed by atoms with Crippen LogP contribution in [0, 0.1) is 13.8 Å². The Morgan fingerprint density at radius 3 is 2.60 bits per heavy atom. The molecule has 8 heteroatoms. The molecular formula is C17H22N4O3S. The van der Waals surface area contributed by atoms with Crippen molar-refractivity contribution in [2.75, 3.05) is 12.3 Å². The van der Waals surface area contributed by atoms with E-state index in [1.54, 1.807) is 37.4 Å². The minimum atomic E-state index is -3.58. The molecule has 1 aromatic heterocycles. The van der Waals surface area contributed by atoms with Gasteiger partial charge in [0.15, 0.2) is 0 Å². The average Bonchev–Trinajstić information content (AvgIpc) is 3.02. The van der Waals surface area contributed by atoms with E-state index in [1.165, 1.54) is 8.87 Å². The lowest BCUT2D eigenvalue weighted by Crippen LogP contribution is -2.40. The van der Waals surface area contributed by atoms with Gasteiger partial charge < -0.3 is 5.73 Å². The van der Waals surface area contributed by atoms with Gasteiger partial charge in [-0.1, -0.05) is 17.7 Å². The zero-order valence-corrected chi connectivity index (χ0v) is 15.2. The highest BCUT2D eigenvalue weighted by Gasteiger charge is 2.35. The van der Waals surface area contributed by atoms with E-state index in [9.17, 15) is 13.2 Å². The van der Waals surface area contributed by atoms with Crippen LogP contribution in [0.3, 0.4) is 0 Å². The van der Waals surface area contributed by atoms with Gasteiger partial charge in [0.1, 0.15) is 5.82 Å². The van der Waals surface area contributed by atoms with Gasteiger partial charge in [0.25, 0.3) is 0 Å². The summed E-state index contributed by atoms with van der Waals surface area (Å²) in [5.74, 6) is 0.205. The fraction of sp³-hybridized carbons (Fsp3) is 0.412. The van der Waals surface area contributed by atoms with Crippen molar-refractivity contribution in [3.8, 4) is 0 Å². The summed E-state index contributed by atoms with van der Waals surface area (Å²) in [6, 6.07) is 6.56. The number of rotatable bonds is 4. The van der Waals surface area contributed by atoms with Crippen molar-refractivity contribution >= 4 is 15.8 Å². The van der Waals surface area contributed by atoms with Crippen LogP contribution in [-0.4, -0.2) is 34.9 Å². The van der Waals surface area contributed by atoms with Crippen LogP contribution in [0.15, 0.2) is 40.2 Å². The lowest BCUT2D eigenvalue weighted by atomic mass is 10.2. The first kappa shape index (κ1) is 17.6. The standard InChI is InChI=1S/C17H22N4O3S/c1-12-5-7-15(8-6-12)25(23,24)21-9-3-4-14(21)11-20-10-13(2)16(18)19-17(20)22/h5-8,10,14H,3-4,9,11H2,1-2H3,(H2,18,19,22)/t14-/m1/s1. The Morgan fingerprint density at radius 1 is 1.24 bits per heavy atom. The van der Waals surface area contributed by atoms with Gasteiger partial charge in [-0.2, -0.15) is 9.29 Å². The van der Waals surface area contributed by atoms with E-state index in [0.717, 1.165) is 12.0 Å². The smallest absolute Gasteiger partial charge is 0.349 e. The number of nitrogens with zero attached hydrogens (tertiary/aromatic N) is 3. The van der Waals surface area contributed by atoms with E-state index >= 15 is 0 Å². The van der Waals surface area contributed by atoms with Crippen LogP contribution in [-0.2, 0) is 16.6 Å². The number of nitrogen functional groups attached to an aromatic ring is 1. The molecule has 0 saturated carbocycles. The van der Waals surface area contributed by atoms with Gasteiger partial charge in [-0.05, 0) is 38.8 Å². The van der Waals surface area contributed by atoms with Gasteiger partial charge in [0, 0.05) is 30.9 Å². The van der Waals surface area contributed by atoms with Crippen molar-refractivity contribution in [3.05, 3.63) is 52.1 Å². The third-order valence-electron chi connectivity index (χ3n) is 4.57. The second-order valence-electron chi connectivity index (χ2n) is 6.47. The van der Waals surface area contributed by atoms with Crippen molar-refractivity contribution in [1.29, 1.82) is 0 Å². The largest absolute Gasteiger partial charge is 0.383 e. The molecule has 1 aliphatic rings. The van der Waals surface area contributed by atoms with Gasteiger partial charge in [-0.25, -0.2) is 13.2 Å². The summed E-state index contributed by atoms with van der Waals surface area (Å²) < 4.78 is 28.9. The first-order valence-electron chi connectivity index (χ1n) is 8.21. The fourth-order valence-electron chi connectivity index (χ4n) is 3.12. The van der Waals surface area contributed by atoms with Crippen molar-refractivity contribution in [2.24, 2.45) is 0 Å². The molecule has 0 spiro atoms. The highest BCUT2D eigenvalue weighted by atomic mass is 32.2. The summed E-state index contributed by atoms with van der Waals surface area (Å²) >= 11 is 0. The fourth-order valence-corrected chi connectivity index (χ4v) is 4.81. The zero-order valence-electron chi connectivity index (χ0n) is 14.3. The van der Waals surface area contributed by atoms with Gasteiger partial charge in [0.05, 0.1) is 4.90 Å². The van der Waals surface area contributed by atoms with Crippen LogP contribution >= 0.6 is 0 Å². The maximum atomic E-state index is 13.0. The first-order valence-corrected chi connectivity index (χ1v) is 9.65. The van der Waals surface area contributed by atoms with E-state index in [1.807, 2.05) is 6.92 Å². The van der Waals surface area contributed by atoms with Crippen LogP contribution in [0.25, 0.3) is 0 Å². The molecule has 2 heterocycles. The van der Waals surface area contributed by atoms with Crippen molar-refractivity contribution in [1.82, 2.24) is 13.9 Å². The maximum absolute atomic E-state index is 13.0. The van der Waals surface area contributed by atoms with Crippen molar-refractivity contribution in [2.45, 2.75) is 44.2 Å². The molecule has 0 amide bonds. The highest BCUT2D eigenvalue weighted by molar-refractivity contribution is 7.89. The molecule has 1 fully saturated rings. The Labute approximate surface area is 147 Å². The molecule has 1 aromatic carbocycles. The number of benzene rings is 1. The summed E-state index contributed by atoms with van der Waals surface area (Å²) in [5.41, 5.74) is 6.90. The Kier molecular flexibility index (Phi) is 4.66. The molecule has 1 saturated heterocycles. The molecule has 1 atom stereocenters. The topological polar surface area (TPSA) is 98.3 Å². The van der Waals surface area contributed by atoms with Gasteiger partial charge in [-0.15, -0.1) is 0 Å². The third kappa shape index (κ3) is 3.45. The van der Waals surface area contributed by atoms with E-state index in [2.05, 4.69) is 4.98 Å². The molecule has 0 bridgehead atoms. The van der Waals surface area contributed by atoms with Gasteiger partial charge in [0.2, 0.25) is 10.0 Å². The molecule has 3 rings (SSSR count). The van der Waals surface area contributed by atoms with Gasteiger partial charge >= 0.3 is 5.69 Å². The zero-order chi connectivity index (χ0) is 18.2. The summed E-state index contributed by atoms with van der Waals surface area (Å²) in [6.45, 7) is 4.42. The summed E-state index contributed by atoms with van der Waals surface area (Å²) in [4.78, 5) is 16.1. The van der Waals surface area contributed by atoms with E-state index in [4.69, 9.17) is 5.73 Å². The van der Waals surface area contributed by atoms with Crippen molar-refractivity contribution < 1.29 is 8.42 Å². The van der Waals surface area contributed by atoms with E-state index < -0.39 is 15.7 Å². The predicted molar refractivity (Wildman–Crippen MR) is 95.7 cm³/mol. The number of nitrogens with two attached hydrogens (primary N) is 1. The molecule has 2 N–H and O–H groups in total. The van der Waals surface area contributed by atoms with Gasteiger partial charge in [-0.3, -0.25) is 4.57 Å². The molecular weight excluding hydrogens is 340 g/mol. The number of sulfonamides is 1. The Hall–Kier alpha value is -2.19. The molecule has 1 aliphatic heterocycles. The normalized spacial score (nSPS) is 18.6. The second kappa shape index (κ2) is 6.61. The summed E-state index contributed by atoms with van der Waals surface area (Å²) in [7, 11) is -3.58. The first-order chi connectivity index (χ1) is 11.8. The van der Waals surface area contributed by atoms with Crippen LogP contribution in [0.5, 0.6) is 0 Å². The third-order valence-corrected chi connectivity index (χ3v) is 6.54. The van der Waals surface area contributed by atoms with Crippen LogP contribution in [0.4, 0.5) is 5.82 Å². The highest BCUT2D eigenvalue weighted by Crippen LogP contribution is 2.27. The lowest BCUT2D eigenvalue weighted by molar-refractivity contribution is 0.347. The minimum absolute atomic E-state index is 0.205. The SMILES string of the molecule is Cc1ccc(S(=O)(=O)N2CCC[C@@H]2Cn2cc(C)c(N)nc2=O)cc1. The minimum Gasteiger partial charge on any atom is -0.383 e. The lowest BCUT2D eigenvalue weighted by Gasteiger charge is -2.24. The van der Waals surface area contributed by atoms with Crippen LogP contribution < -0.4 is 11.4 Å². The molecule has 0 aliphatic carbocycles. The second-order valence-corrected chi connectivity index (χ2v) is 8.36. The number of aryl methyl sites for hydroxylation is 2. The van der Waals surface area contributed by atoms with Crippen LogP contribution in [0.2, 0.25) is 0 Å². The number of aromatic nitrogens is 2. The molecule has 7 nitrogen and oxygen atoms in total. The molecule has 25 heavy (non-hydrogen) atoms. The molecule has 134 valence electrons. The molecule has 0 radical (unpaired) electrons. The maximum Gasteiger partial charge on any atom is 0.349 e. The molecule has 0 unspecified atom stereocenters. The van der Waals surface area contributed by atoms with E-state index in [0.29, 0.717) is 18.5 Å². The monoisotopic (exact) mass is 362 g/mol. The Bertz CT molecular complexity index is 935. The Morgan fingerprint density at radius 2 is 1.92 bits per heavy atom. The van der Waals surface area contributed by atoms with Crippen LogP contribution in [0.1, 0.15) is 24.0 Å². The average molecular weight is 362 g/mol. The number of anilines is 1. The number of hydrogen-bond acceptors (Lipinski definition) is 5. The predicted octanol–water partition coefficient (Wildman–Crippen LogP) is 1.30. The summed E-state index contributed by atoms with van der Waals surface area (Å²) in [5, 5.41) is 0. The Balaban J connectivity index is 1.89. The van der Waals surface area contributed by atoms with E-state index in [-0.39, 0.29) is 23.3 Å². The summed E-state index contributed by atoms with van der Waals surface area (Å²) in [6.07, 6.45) is 3.12. The number of hydrogen-bond donors (Lipinski definition) is 1. The van der Waals surface area contributed by atoms with Crippen molar-refractivity contribution in [3.63, 3.8) is 0 Å². The quantitative estimate of drug-likeness (QED) is 0.884.